The summed E-state index contributed by atoms with van der Waals surface area (Å²) in [5, 5.41) is 4.72. The molecule has 0 spiro atoms. The second-order valence-corrected chi connectivity index (χ2v) is 4.91. The highest BCUT2D eigenvalue weighted by Gasteiger charge is 2.02. The Bertz CT molecular complexity index is 573. The molecular formula is C14H14N2OS. The quantitative estimate of drug-likeness (QED) is 0.655. The maximum absolute atomic E-state index is 11.7. The third-order valence-corrected chi connectivity index (χ3v) is 3.24. The summed E-state index contributed by atoms with van der Waals surface area (Å²) in [5.74, 6) is -0.182. The van der Waals surface area contributed by atoms with Crippen molar-refractivity contribution < 1.29 is 4.79 Å². The molecule has 0 unspecified atom stereocenters. The Hall–Kier alpha value is -2.07. The lowest BCUT2D eigenvalue weighted by Crippen LogP contribution is -2.09. The van der Waals surface area contributed by atoms with E-state index < -0.39 is 0 Å². The summed E-state index contributed by atoms with van der Waals surface area (Å²) in [7, 11) is 0. The van der Waals surface area contributed by atoms with E-state index in [1.807, 2.05) is 42.6 Å². The first-order valence-electron chi connectivity index (χ1n) is 5.54. The molecule has 3 nitrogen and oxygen atoms in total. The lowest BCUT2D eigenvalue weighted by atomic mass is 10.2. The summed E-state index contributed by atoms with van der Waals surface area (Å²) < 4.78 is 0. The zero-order valence-electron chi connectivity index (χ0n) is 10.0. The van der Waals surface area contributed by atoms with Crippen LogP contribution in [0.5, 0.6) is 0 Å². The van der Waals surface area contributed by atoms with Crippen molar-refractivity contribution in [1.29, 1.82) is 0 Å². The van der Waals surface area contributed by atoms with Gasteiger partial charge in [0.1, 0.15) is 0 Å². The van der Waals surface area contributed by atoms with Gasteiger partial charge in [-0.25, -0.2) is 0 Å². The highest BCUT2D eigenvalue weighted by atomic mass is 32.1. The first-order chi connectivity index (χ1) is 8.65. The summed E-state index contributed by atoms with van der Waals surface area (Å²) in [4.78, 5) is 12.7. The summed E-state index contributed by atoms with van der Waals surface area (Å²) in [6, 6.07) is 9.45. The Kier molecular flexibility index (Phi) is 3.79. The van der Waals surface area contributed by atoms with Crippen molar-refractivity contribution in [1.82, 2.24) is 0 Å². The van der Waals surface area contributed by atoms with Gasteiger partial charge in [-0.05, 0) is 42.1 Å². The molecule has 0 saturated carbocycles. The Morgan fingerprint density at radius 3 is 2.89 bits per heavy atom. The molecule has 0 aliphatic carbocycles. The van der Waals surface area contributed by atoms with Crippen molar-refractivity contribution in [2.24, 2.45) is 0 Å². The fourth-order valence-electron chi connectivity index (χ4n) is 1.51. The molecule has 1 aromatic carbocycles. The molecule has 0 aliphatic heterocycles. The molecule has 2 aromatic rings. The van der Waals surface area contributed by atoms with E-state index in [0.717, 1.165) is 10.4 Å². The number of hydrogen-bond acceptors (Lipinski definition) is 3. The number of anilines is 2. The molecule has 4 heteroatoms. The van der Waals surface area contributed by atoms with Gasteiger partial charge in [0.25, 0.3) is 0 Å². The normalized spacial score (nSPS) is 10.7. The molecule has 0 aliphatic rings. The minimum absolute atomic E-state index is 0.182. The van der Waals surface area contributed by atoms with Crippen LogP contribution in [0.25, 0.3) is 6.08 Å². The topological polar surface area (TPSA) is 55.1 Å². The average Bonchev–Trinajstić information content (AvgIpc) is 2.83. The van der Waals surface area contributed by atoms with E-state index in [9.17, 15) is 4.79 Å². The molecule has 1 amide bonds. The third-order valence-electron chi connectivity index (χ3n) is 2.41. The van der Waals surface area contributed by atoms with Gasteiger partial charge in [-0.15, -0.1) is 11.3 Å². The van der Waals surface area contributed by atoms with Crippen molar-refractivity contribution in [3.05, 3.63) is 52.2 Å². The van der Waals surface area contributed by atoms with Crippen molar-refractivity contribution in [2.45, 2.75) is 6.92 Å². The van der Waals surface area contributed by atoms with E-state index in [-0.39, 0.29) is 5.91 Å². The number of aryl methyl sites for hydroxylation is 1. The van der Waals surface area contributed by atoms with Crippen LogP contribution in [0.4, 0.5) is 11.4 Å². The second kappa shape index (κ2) is 5.51. The lowest BCUT2D eigenvalue weighted by molar-refractivity contribution is -0.111. The van der Waals surface area contributed by atoms with Crippen molar-refractivity contribution in [2.75, 3.05) is 11.1 Å². The maximum atomic E-state index is 11.7. The molecule has 0 fully saturated rings. The van der Waals surface area contributed by atoms with Gasteiger partial charge in [0, 0.05) is 11.0 Å². The molecule has 2 rings (SSSR count). The van der Waals surface area contributed by atoms with Gasteiger partial charge < -0.3 is 11.1 Å². The minimum Gasteiger partial charge on any atom is -0.397 e. The smallest absolute Gasteiger partial charge is 0.248 e. The van der Waals surface area contributed by atoms with Crippen LogP contribution < -0.4 is 11.1 Å². The Morgan fingerprint density at radius 2 is 2.22 bits per heavy atom. The fraction of sp³-hybridized carbons (Fsp3) is 0.0714. The zero-order chi connectivity index (χ0) is 13.0. The third kappa shape index (κ3) is 3.21. The van der Waals surface area contributed by atoms with Gasteiger partial charge in [0.05, 0.1) is 11.4 Å². The van der Waals surface area contributed by atoms with E-state index in [4.69, 9.17) is 5.73 Å². The van der Waals surface area contributed by atoms with E-state index in [1.54, 1.807) is 17.4 Å². The standard InChI is InChI=1S/C14H14N2OS/c1-10-4-6-13(12(15)9-10)16-14(17)7-5-11-3-2-8-18-11/h2-9H,15H2,1H3,(H,16,17)/b7-5+. The van der Waals surface area contributed by atoms with E-state index in [0.29, 0.717) is 11.4 Å². The molecule has 0 radical (unpaired) electrons. The Balaban J connectivity index is 2.03. The van der Waals surface area contributed by atoms with Gasteiger partial charge in [0.2, 0.25) is 5.91 Å². The number of nitrogens with one attached hydrogen (secondary N) is 1. The van der Waals surface area contributed by atoms with Gasteiger partial charge in [-0.1, -0.05) is 12.1 Å². The van der Waals surface area contributed by atoms with E-state index in [2.05, 4.69) is 5.32 Å². The number of benzene rings is 1. The summed E-state index contributed by atoms with van der Waals surface area (Å²) >= 11 is 1.58. The van der Waals surface area contributed by atoms with Crippen molar-refractivity contribution >= 4 is 34.7 Å². The number of hydrogen-bond donors (Lipinski definition) is 2. The first-order valence-corrected chi connectivity index (χ1v) is 6.42. The highest BCUT2D eigenvalue weighted by Crippen LogP contribution is 2.19. The predicted octanol–water partition coefficient (Wildman–Crippen LogP) is 3.29. The van der Waals surface area contributed by atoms with Crippen LogP contribution in [-0.2, 0) is 4.79 Å². The molecule has 0 atom stereocenters. The van der Waals surface area contributed by atoms with Gasteiger partial charge >= 0.3 is 0 Å². The lowest BCUT2D eigenvalue weighted by Gasteiger charge is -2.06. The van der Waals surface area contributed by atoms with Crippen molar-refractivity contribution in [3.8, 4) is 0 Å². The number of amides is 1. The van der Waals surface area contributed by atoms with Crippen LogP contribution >= 0.6 is 11.3 Å². The Labute approximate surface area is 110 Å². The number of rotatable bonds is 3. The summed E-state index contributed by atoms with van der Waals surface area (Å²) in [6.07, 6.45) is 3.29. The number of carbonyl (C=O) groups is 1. The predicted molar refractivity (Wildman–Crippen MR) is 77.6 cm³/mol. The number of nitrogen functional groups attached to an aromatic ring is 1. The maximum Gasteiger partial charge on any atom is 0.248 e. The molecule has 92 valence electrons. The minimum atomic E-state index is -0.182. The number of nitrogens with two attached hydrogens (primary N) is 1. The van der Waals surface area contributed by atoms with E-state index >= 15 is 0 Å². The average molecular weight is 258 g/mol. The van der Waals surface area contributed by atoms with Gasteiger partial charge in [-0.3, -0.25) is 4.79 Å². The first kappa shape index (κ1) is 12.4. The SMILES string of the molecule is Cc1ccc(NC(=O)/C=C/c2cccs2)c(N)c1. The van der Waals surface area contributed by atoms with Crippen LogP contribution in [-0.4, -0.2) is 5.91 Å². The highest BCUT2D eigenvalue weighted by molar-refractivity contribution is 7.10. The molecule has 3 N–H and O–H groups in total. The van der Waals surface area contributed by atoms with Crippen LogP contribution in [0, 0.1) is 6.92 Å². The van der Waals surface area contributed by atoms with Crippen LogP contribution in [0.1, 0.15) is 10.4 Å². The zero-order valence-corrected chi connectivity index (χ0v) is 10.8. The second-order valence-electron chi connectivity index (χ2n) is 3.93. The molecule has 1 aromatic heterocycles. The van der Waals surface area contributed by atoms with E-state index in [1.165, 1.54) is 6.08 Å². The van der Waals surface area contributed by atoms with Gasteiger partial charge in [0.15, 0.2) is 0 Å². The summed E-state index contributed by atoms with van der Waals surface area (Å²) in [5.41, 5.74) is 8.11. The van der Waals surface area contributed by atoms with Crippen LogP contribution in [0.15, 0.2) is 41.8 Å². The Morgan fingerprint density at radius 1 is 1.39 bits per heavy atom. The van der Waals surface area contributed by atoms with Gasteiger partial charge in [-0.2, -0.15) is 0 Å². The molecule has 1 heterocycles. The summed E-state index contributed by atoms with van der Waals surface area (Å²) in [6.45, 7) is 1.96. The fourth-order valence-corrected chi connectivity index (χ4v) is 2.13. The molecule has 0 saturated heterocycles. The molecule has 0 bridgehead atoms. The number of thiophene rings is 1. The van der Waals surface area contributed by atoms with Crippen molar-refractivity contribution in [3.63, 3.8) is 0 Å². The molecular weight excluding hydrogens is 244 g/mol. The molecule has 18 heavy (non-hydrogen) atoms. The van der Waals surface area contributed by atoms with Crippen LogP contribution in [0.2, 0.25) is 0 Å². The monoisotopic (exact) mass is 258 g/mol. The van der Waals surface area contributed by atoms with Crippen LogP contribution in [0.3, 0.4) is 0 Å². The number of carbonyl (C=O) groups excluding carboxylic acids is 1. The largest absolute Gasteiger partial charge is 0.397 e.